The molecule has 4 heteroatoms. The highest BCUT2D eigenvalue weighted by Crippen LogP contribution is 2.32. The smallest absolute Gasteiger partial charge is 0.120 e. The van der Waals surface area contributed by atoms with Crippen LogP contribution in [0.15, 0.2) is 33.2 Å². The number of rotatable bonds is 5. The summed E-state index contributed by atoms with van der Waals surface area (Å²) >= 11 is 3.47. The number of aryl methyl sites for hydroxylation is 2. The summed E-state index contributed by atoms with van der Waals surface area (Å²) in [7, 11) is 0. The number of hydrogen-bond donors (Lipinski definition) is 2. The van der Waals surface area contributed by atoms with Crippen LogP contribution in [-0.4, -0.2) is 5.11 Å². The van der Waals surface area contributed by atoms with Gasteiger partial charge in [0.1, 0.15) is 17.3 Å². The number of phenols is 1. The molecular formula is C17H22BrNO2. The van der Waals surface area contributed by atoms with Crippen molar-refractivity contribution in [3.8, 4) is 5.75 Å². The minimum absolute atomic E-state index is 0.0899. The summed E-state index contributed by atoms with van der Waals surface area (Å²) < 4.78 is 6.57. The van der Waals surface area contributed by atoms with Crippen molar-refractivity contribution in [3.05, 3.63) is 51.4 Å². The van der Waals surface area contributed by atoms with E-state index in [0.29, 0.717) is 5.75 Å². The van der Waals surface area contributed by atoms with Crippen molar-refractivity contribution in [2.45, 2.75) is 46.2 Å². The molecule has 2 aromatic rings. The molecule has 1 heterocycles. The Bertz CT molecular complexity index is 621. The molecule has 0 spiro atoms. The van der Waals surface area contributed by atoms with Gasteiger partial charge in [-0.3, -0.25) is 0 Å². The third-order valence-electron chi connectivity index (χ3n) is 3.77. The molecule has 114 valence electrons. The molecule has 1 aromatic carbocycles. The summed E-state index contributed by atoms with van der Waals surface area (Å²) in [4.78, 5) is 0. The van der Waals surface area contributed by atoms with Gasteiger partial charge in [-0.2, -0.15) is 0 Å². The molecule has 0 fully saturated rings. The van der Waals surface area contributed by atoms with E-state index in [1.807, 2.05) is 26.0 Å². The van der Waals surface area contributed by atoms with Crippen molar-refractivity contribution in [2.24, 2.45) is 0 Å². The zero-order valence-electron chi connectivity index (χ0n) is 12.9. The Kier molecular flexibility index (Phi) is 5.12. The fourth-order valence-corrected chi connectivity index (χ4v) is 3.08. The third kappa shape index (κ3) is 3.69. The summed E-state index contributed by atoms with van der Waals surface area (Å²) in [6, 6.07) is 7.86. The molecule has 3 nitrogen and oxygen atoms in total. The maximum absolute atomic E-state index is 10.1. The van der Waals surface area contributed by atoms with Crippen molar-refractivity contribution in [3.63, 3.8) is 0 Å². The minimum Gasteiger partial charge on any atom is -0.508 e. The molecule has 1 aromatic heterocycles. The van der Waals surface area contributed by atoms with Crippen molar-refractivity contribution in [1.29, 1.82) is 0 Å². The Hall–Kier alpha value is -1.26. The Morgan fingerprint density at radius 1 is 1.24 bits per heavy atom. The minimum atomic E-state index is 0.0899. The van der Waals surface area contributed by atoms with Crippen LogP contribution in [-0.2, 0) is 0 Å². The highest BCUT2D eigenvalue weighted by molar-refractivity contribution is 9.10. The number of aromatic hydroxyl groups is 1. The molecule has 0 saturated heterocycles. The average molecular weight is 352 g/mol. The van der Waals surface area contributed by atoms with E-state index in [0.717, 1.165) is 28.0 Å². The molecule has 2 unspecified atom stereocenters. The second-order valence-electron chi connectivity index (χ2n) is 5.42. The summed E-state index contributed by atoms with van der Waals surface area (Å²) in [5.74, 6) is 2.19. The van der Waals surface area contributed by atoms with Crippen LogP contribution in [0.1, 0.15) is 55.0 Å². The lowest BCUT2D eigenvalue weighted by molar-refractivity contribution is 0.415. The second kappa shape index (κ2) is 6.67. The molecule has 0 radical (unpaired) electrons. The molecular weight excluding hydrogens is 330 g/mol. The van der Waals surface area contributed by atoms with E-state index < -0.39 is 0 Å². The molecule has 2 rings (SSSR count). The second-order valence-corrected chi connectivity index (χ2v) is 6.34. The third-order valence-corrected chi connectivity index (χ3v) is 4.26. The zero-order valence-corrected chi connectivity index (χ0v) is 14.5. The topological polar surface area (TPSA) is 45.4 Å². The van der Waals surface area contributed by atoms with Crippen molar-refractivity contribution < 1.29 is 9.52 Å². The number of phenolic OH excluding ortho intramolecular Hbond substituents is 1. The van der Waals surface area contributed by atoms with Crippen LogP contribution in [0.3, 0.4) is 0 Å². The molecule has 0 saturated carbocycles. The lowest BCUT2D eigenvalue weighted by Gasteiger charge is -2.23. The van der Waals surface area contributed by atoms with Crippen LogP contribution in [0.5, 0.6) is 5.75 Å². The molecule has 0 bridgehead atoms. The maximum Gasteiger partial charge on any atom is 0.120 e. The standard InChI is InChI=1S/C17H22BrNO2/c1-5-16(15-9-13(18)6-7-17(15)20)19-11(3)14-8-10(2)21-12(14)4/h6-9,11,16,19-20H,5H2,1-4H3. The molecule has 0 aliphatic carbocycles. The lowest BCUT2D eigenvalue weighted by Crippen LogP contribution is -2.24. The molecule has 2 N–H and O–H groups in total. The summed E-state index contributed by atoms with van der Waals surface area (Å²) in [6.45, 7) is 8.17. The Balaban J connectivity index is 2.22. The zero-order chi connectivity index (χ0) is 15.6. The summed E-state index contributed by atoms with van der Waals surface area (Å²) in [5.41, 5.74) is 2.08. The van der Waals surface area contributed by atoms with Gasteiger partial charge in [0.2, 0.25) is 0 Å². The van der Waals surface area contributed by atoms with Crippen LogP contribution >= 0.6 is 15.9 Å². The van der Waals surface area contributed by atoms with E-state index in [1.165, 1.54) is 5.56 Å². The highest BCUT2D eigenvalue weighted by atomic mass is 79.9. The first-order valence-electron chi connectivity index (χ1n) is 7.23. The Labute approximate surface area is 134 Å². The number of benzene rings is 1. The molecule has 21 heavy (non-hydrogen) atoms. The van der Waals surface area contributed by atoms with Gasteiger partial charge in [0.05, 0.1) is 0 Å². The normalized spacial score (nSPS) is 14.1. The maximum atomic E-state index is 10.1. The van der Waals surface area contributed by atoms with Crippen LogP contribution < -0.4 is 5.32 Å². The fourth-order valence-electron chi connectivity index (χ4n) is 2.70. The number of furan rings is 1. The first kappa shape index (κ1) is 16.1. The number of hydrogen-bond acceptors (Lipinski definition) is 3. The van der Waals surface area contributed by atoms with Gasteiger partial charge < -0.3 is 14.8 Å². The van der Waals surface area contributed by atoms with Crippen LogP contribution in [0.2, 0.25) is 0 Å². The van der Waals surface area contributed by atoms with Crippen molar-refractivity contribution >= 4 is 15.9 Å². The monoisotopic (exact) mass is 351 g/mol. The quantitative estimate of drug-likeness (QED) is 0.781. The molecule has 0 amide bonds. The SMILES string of the molecule is CCC(NC(C)c1cc(C)oc1C)c1cc(Br)ccc1O. The van der Waals surface area contributed by atoms with E-state index in [4.69, 9.17) is 4.42 Å². The van der Waals surface area contributed by atoms with Crippen molar-refractivity contribution in [1.82, 2.24) is 5.32 Å². The van der Waals surface area contributed by atoms with Crippen molar-refractivity contribution in [2.75, 3.05) is 0 Å². The van der Waals surface area contributed by atoms with E-state index in [9.17, 15) is 5.11 Å². The summed E-state index contributed by atoms with van der Waals surface area (Å²) in [5, 5.41) is 13.7. The number of nitrogens with one attached hydrogen (secondary N) is 1. The Morgan fingerprint density at radius 3 is 2.52 bits per heavy atom. The van der Waals surface area contributed by atoms with Gasteiger partial charge in [-0.05, 0) is 51.5 Å². The first-order chi connectivity index (χ1) is 9.92. The average Bonchev–Trinajstić information content (AvgIpc) is 2.78. The number of halogens is 1. The molecule has 2 atom stereocenters. The van der Waals surface area contributed by atoms with E-state index >= 15 is 0 Å². The Morgan fingerprint density at radius 2 is 1.95 bits per heavy atom. The van der Waals surface area contributed by atoms with Crippen LogP contribution in [0.4, 0.5) is 0 Å². The van der Waals surface area contributed by atoms with E-state index in [1.54, 1.807) is 6.07 Å². The first-order valence-corrected chi connectivity index (χ1v) is 8.03. The summed E-state index contributed by atoms with van der Waals surface area (Å²) in [6.07, 6.45) is 0.893. The van der Waals surface area contributed by atoms with Gasteiger partial charge in [0, 0.05) is 27.7 Å². The van der Waals surface area contributed by atoms with E-state index in [2.05, 4.69) is 41.2 Å². The van der Waals surface area contributed by atoms with Crippen LogP contribution in [0, 0.1) is 13.8 Å². The van der Waals surface area contributed by atoms with Gasteiger partial charge >= 0.3 is 0 Å². The van der Waals surface area contributed by atoms with Gasteiger partial charge in [0.25, 0.3) is 0 Å². The van der Waals surface area contributed by atoms with Crippen LogP contribution in [0.25, 0.3) is 0 Å². The van der Waals surface area contributed by atoms with Gasteiger partial charge in [-0.1, -0.05) is 22.9 Å². The highest BCUT2D eigenvalue weighted by Gasteiger charge is 2.19. The molecule has 0 aliphatic rings. The van der Waals surface area contributed by atoms with Gasteiger partial charge in [-0.25, -0.2) is 0 Å². The molecule has 0 aliphatic heterocycles. The predicted molar refractivity (Wildman–Crippen MR) is 88.6 cm³/mol. The van der Waals surface area contributed by atoms with Gasteiger partial charge in [0.15, 0.2) is 0 Å². The lowest BCUT2D eigenvalue weighted by atomic mass is 10.0. The fraction of sp³-hybridized carbons (Fsp3) is 0.412. The predicted octanol–water partition coefficient (Wildman–Crippen LogP) is 5.17. The largest absolute Gasteiger partial charge is 0.508 e. The van der Waals surface area contributed by atoms with Gasteiger partial charge in [-0.15, -0.1) is 0 Å². The van der Waals surface area contributed by atoms with E-state index in [-0.39, 0.29) is 12.1 Å².